The van der Waals surface area contributed by atoms with Gasteiger partial charge in [-0.15, -0.1) is 11.3 Å². The third-order valence-corrected chi connectivity index (χ3v) is 3.96. The van der Waals surface area contributed by atoms with Crippen LogP contribution in [-0.4, -0.2) is 61.5 Å². The van der Waals surface area contributed by atoms with E-state index in [9.17, 15) is 9.90 Å². The van der Waals surface area contributed by atoms with Crippen molar-refractivity contribution in [2.45, 2.75) is 6.10 Å². The van der Waals surface area contributed by atoms with Gasteiger partial charge in [0.2, 0.25) is 0 Å². The van der Waals surface area contributed by atoms with Gasteiger partial charge < -0.3 is 24.2 Å². The van der Waals surface area contributed by atoms with Crippen molar-refractivity contribution in [1.82, 2.24) is 4.90 Å². The number of β-amino-alcohol motifs (C(OH)–C–C–N with tert-alkyl or cyclic N) is 1. The summed E-state index contributed by atoms with van der Waals surface area (Å²) in [6.45, 7) is 2.43. The molecule has 0 saturated carbocycles. The van der Waals surface area contributed by atoms with E-state index in [0.717, 1.165) is 0 Å². The number of rotatable bonds is 1. The van der Waals surface area contributed by atoms with Gasteiger partial charge >= 0.3 is 0 Å². The molecule has 0 bridgehead atoms. The number of carbonyl (C=O) groups excluding carboxylic acids is 1. The summed E-state index contributed by atoms with van der Waals surface area (Å²) in [5.41, 5.74) is 0. The van der Waals surface area contributed by atoms with Crippen LogP contribution in [0.3, 0.4) is 0 Å². The molecule has 1 N–H and O–H groups in total. The number of hydrogen-bond donors (Lipinski definition) is 1. The Morgan fingerprint density at radius 3 is 3.11 bits per heavy atom. The second-order valence-electron chi connectivity index (χ2n) is 4.44. The van der Waals surface area contributed by atoms with Crippen LogP contribution < -0.4 is 9.47 Å². The maximum Gasteiger partial charge on any atom is 0.268 e. The number of carbonyl (C=O) groups is 1. The Morgan fingerprint density at radius 2 is 2.21 bits per heavy atom. The normalized spacial score (nSPS) is 23.0. The molecule has 19 heavy (non-hydrogen) atoms. The van der Waals surface area contributed by atoms with Gasteiger partial charge in [0.1, 0.15) is 18.1 Å². The lowest BCUT2D eigenvalue weighted by Crippen LogP contribution is -2.37. The highest BCUT2D eigenvalue weighted by Gasteiger charge is 2.29. The zero-order valence-electron chi connectivity index (χ0n) is 10.3. The number of aliphatic hydroxyl groups excluding tert-OH is 1. The molecule has 2 aliphatic rings. The quantitative estimate of drug-likeness (QED) is 0.806. The molecular weight excluding hydrogens is 270 g/mol. The minimum Gasteiger partial charge on any atom is -0.485 e. The molecular formula is C12H15NO5S. The molecule has 1 atom stereocenters. The number of hydrogen-bond acceptors (Lipinski definition) is 6. The van der Waals surface area contributed by atoms with Crippen LogP contribution in [-0.2, 0) is 4.74 Å². The van der Waals surface area contributed by atoms with Crippen LogP contribution in [0.4, 0.5) is 0 Å². The Morgan fingerprint density at radius 1 is 1.37 bits per heavy atom. The topological polar surface area (TPSA) is 68.2 Å². The van der Waals surface area contributed by atoms with Crippen LogP contribution in [0.25, 0.3) is 0 Å². The Balaban J connectivity index is 1.81. The van der Waals surface area contributed by atoms with Gasteiger partial charge in [-0.3, -0.25) is 4.79 Å². The molecule has 1 aromatic heterocycles. The fourth-order valence-corrected chi connectivity index (χ4v) is 3.03. The van der Waals surface area contributed by atoms with Gasteiger partial charge in [-0.2, -0.15) is 0 Å². The van der Waals surface area contributed by atoms with E-state index in [0.29, 0.717) is 42.7 Å². The van der Waals surface area contributed by atoms with Crippen LogP contribution in [0, 0.1) is 0 Å². The van der Waals surface area contributed by atoms with Crippen LogP contribution >= 0.6 is 11.3 Å². The van der Waals surface area contributed by atoms with Crippen molar-refractivity contribution in [3.63, 3.8) is 0 Å². The summed E-state index contributed by atoms with van der Waals surface area (Å²) in [6, 6.07) is 0. The van der Waals surface area contributed by atoms with Crippen LogP contribution in [0.15, 0.2) is 5.38 Å². The molecule has 1 fully saturated rings. The molecule has 3 rings (SSSR count). The van der Waals surface area contributed by atoms with Crippen LogP contribution in [0.5, 0.6) is 11.5 Å². The van der Waals surface area contributed by atoms with E-state index in [1.165, 1.54) is 11.3 Å². The predicted octanol–water partition coefficient (Wildman–Crippen LogP) is 0.353. The molecule has 0 unspecified atom stereocenters. The lowest BCUT2D eigenvalue weighted by atomic mass is 10.3. The molecule has 7 heteroatoms. The second-order valence-corrected chi connectivity index (χ2v) is 5.31. The molecule has 0 aromatic carbocycles. The lowest BCUT2D eigenvalue weighted by Gasteiger charge is -2.22. The van der Waals surface area contributed by atoms with Crippen molar-refractivity contribution in [2.24, 2.45) is 0 Å². The van der Waals surface area contributed by atoms with E-state index in [-0.39, 0.29) is 19.1 Å². The number of aliphatic hydroxyl groups is 1. The molecule has 1 aromatic rings. The Kier molecular flexibility index (Phi) is 3.58. The molecule has 0 spiro atoms. The minimum absolute atomic E-state index is 0.138. The van der Waals surface area contributed by atoms with E-state index in [4.69, 9.17) is 14.2 Å². The van der Waals surface area contributed by atoms with Crippen molar-refractivity contribution in [3.8, 4) is 11.5 Å². The van der Waals surface area contributed by atoms with E-state index in [1.807, 2.05) is 0 Å². The van der Waals surface area contributed by atoms with E-state index >= 15 is 0 Å². The maximum atomic E-state index is 12.5. The zero-order chi connectivity index (χ0) is 13.2. The average Bonchev–Trinajstić information content (AvgIpc) is 2.73. The smallest absolute Gasteiger partial charge is 0.268 e. The summed E-state index contributed by atoms with van der Waals surface area (Å²) in [4.78, 5) is 14.6. The van der Waals surface area contributed by atoms with Gasteiger partial charge in [-0.05, 0) is 0 Å². The summed E-state index contributed by atoms with van der Waals surface area (Å²) in [7, 11) is 0. The third-order valence-electron chi connectivity index (χ3n) is 3.03. The van der Waals surface area contributed by atoms with Gasteiger partial charge in [-0.1, -0.05) is 0 Å². The second kappa shape index (κ2) is 5.36. The van der Waals surface area contributed by atoms with Crippen molar-refractivity contribution < 1.29 is 24.1 Å². The van der Waals surface area contributed by atoms with Gasteiger partial charge in [0.15, 0.2) is 11.5 Å². The fourth-order valence-electron chi connectivity index (χ4n) is 2.13. The first kappa shape index (κ1) is 12.7. The van der Waals surface area contributed by atoms with Gasteiger partial charge in [-0.25, -0.2) is 0 Å². The highest BCUT2D eigenvalue weighted by Crippen LogP contribution is 2.39. The summed E-state index contributed by atoms with van der Waals surface area (Å²) in [5, 5.41) is 11.5. The number of nitrogens with zero attached hydrogens (tertiary/aromatic N) is 1. The predicted molar refractivity (Wildman–Crippen MR) is 68.0 cm³/mol. The van der Waals surface area contributed by atoms with Crippen molar-refractivity contribution in [2.75, 3.05) is 39.5 Å². The number of fused-ring (bicyclic) bond motifs is 1. The number of amides is 1. The monoisotopic (exact) mass is 285 g/mol. The van der Waals surface area contributed by atoms with E-state index < -0.39 is 6.10 Å². The molecule has 6 nitrogen and oxygen atoms in total. The molecule has 1 saturated heterocycles. The fraction of sp³-hybridized carbons (Fsp3) is 0.583. The Hall–Kier alpha value is -1.31. The first-order valence-electron chi connectivity index (χ1n) is 6.18. The molecule has 0 aliphatic carbocycles. The molecule has 1 amide bonds. The van der Waals surface area contributed by atoms with Crippen molar-refractivity contribution in [1.29, 1.82) is 0 Å². The first-order chi connectivity index (χ1) is 9.25. The molecule has 104 valence electrons. The van der Waals surface area contributed by atoms with Crippen molar-refractivity contribution >= 4 is 17.2 Å². The van der Waals surface area contributed by atoms with Gasteiger partial charge in [0, 0.05) is 18.5 Å². The van der Waals surface area contributed by atoms with Gasteiger partial charge in [0.05, 0.1) is 19.3 Å². The van der Waals surface area contributed by atoms with Crippen LogP contribution in [0.2, 0.25) is 0 Å². The number of thiophene rings is 1. The highest BCUT2D eigenvalue weighted by molar-refractivity contribution is 7.12. The summed E-state index contributed by atoms with van der Waals surface area (Å²) < 4.78 is 16.2. The molecule has 2 aliphatic heterocycles. The first-order valence-corrected chi connectivity index (χ1v) is 7.06. The van der Waals surface area contributed by atoms with Crippen molar-refractivity contribution in [3.05, 3.63) is 10.3 Å². The Bertz CT molecular complexity index is 475. The molecule has 0 radical (unpaired) electrons. The zero-order valence-corrected chi connectivity index (χ0v) is 11.1. The summed E-state index contributed by atoms with van der Waals surface area (Å²) in [6.07, 6.45) is -0.639. The SMILES string of the molecule is O=C(c1scc2c1OCCO2)N1CCOC[C@H](O)C1. The highest BCUT2D eigenvalue weighted by atomic mass is 32.1. The van der Waals surface area contributed by atoms with Crippen LogP contribution in [0.1, 0.15) is 9.67 Å². The maximum absolute atomic E-state index is 12.5. The largest absolute Gasteiger partial charge is 0.485 e. The summed E-state index contributed by atoms with van der Waals surface area (Å²) >= 11 is 1.31. The summed E-state index contributed by atoms with van der Waals surface area (Å²) in [5.74, 6) is 1.02. The standard InChI is InChI=1S/C12H15NO5S/c14-8-5-13(1-2-16-6-8)12(15)11-10-9(7-19-11)17-3-4-18-10/h7-8,14H,1-6H2/t8-/m1/s1. The lowest BCUT2D eigenvalue weighted by molar-refractivity contribution is 0.0533. The number of ether oxygens (including phenoxy) is 3. The van der Waals surface area contributed by atoms with E-state index in [1.54, 1.807) is 10.3 Å². The Labute approximate surface area is 114 Å². The van der Waals surface area contributed by atoms with E-state index in [2.05, 4.69) is 0 Å². The average molecular weight is 285 g/mol. The third kappa shape index (κ3) is 2.54. The van der Waals surface area contributed by atoms with Gasteiger partial charge in [0.25, 0.3) is 5.91 Å². The minimum atomic E-state index is -0.639. The molecule has 3 heterocycles.